The Bertz CT molecular complexity index is 674. The summed E-state index contributed by atoms with van der Waals surface area (Å²) in [5.41, 5.74) is 4.31. The van der Waals surface area contributed by atoms with Crippen LogP contribution in [0.15, 0.2) is 28.7 Å². The first-order valence-electron chi connectivity index (χ1n) is 7.79. The number of aryl methyl sites for hydroxylation is 1. The molecule has 2 aliphatic rings. The second kappa shape index (κ2) is 4.92. The molecule has 21 heavy (non-hydrogen) atoms. The molecule has 0 saturated heterocycles. The van der Waals surface area contributed by atoms with Gasteiger partial charge in [-0.15, -0.1) is 0 Å². The molecular weight excluding hydrogens is 262 g/mol. The zero-order valence-electron chi connectivity index (χ0n) is 12.7. The minimum Gasteiger partial charge on any atom is -0.497 e. The summed E-state index contributed by atoms with van der Waals surface area (Å²) in [7, 11) is 1.74. The predicted molar refractivity (Wildman–Crippen MR) is 81.6 cm³/mol. The van der Waals surface area contributed by atoms with Gasteiger partial charge in [0.25, 0.3) is 0 Å². The van der Waals surface area contributed by atoms with Gasteiger partial charge in [0.05, 0.1) is 13.7 Å². The minimum absolute atomic E-state index is 0.495. The number of hydrogen-bond acceptors (Lipinski definition) is 3. The highest BCUT2D eigenvalue weighted by molar-refractivity contribution is 5.41. The molecule has 0 spiro atoms. The fraction of sp³-hybridized carbons (Fsp3) is 0.444. The number of hydrogen-bond donors (Lipinski definition) is 0. The first kappa shape index (κ1) is 13.0. The molecule has 3 nitrogen and oxygen atoms in total. The molecule has 0 fully saturated rings. The van der Waals surface area contributed by atoms with E-state index in [1.54, 1.807) is 7.11 Å². The Morgan fingerprint density at radius 3 is 3.00 bits per heavy atom. The Morgan fingerprint density at radius 2 is 2.19 bits per heavy atom. The summed E-state index contributed by atoms with van der Waals surface area (Å²) in [4.78, 5) is 2.56. The highest BCUT2D eigenvalue weighted by Crippen LogP contribution is 2.39. The van der Waals surface area contributed by atoms with Crippen LogP contribution in [0, 0.1) is 0 Å². The molecule has 0 bridgehead atoms. The van der Waals surface area contributed by atoms with Gasteiger partial charge in [-0.25, -0.2) is 0 Å². The van der Waals surface area contributed by atoms with Gasteiger partial charge in [-0.1, -0.05) is 13.0 Å². The lowest BCUT2D eigenvalue weighted by Gasteiger charge is -2.39. The van der Waals surface area contributed by atoms with E-state index in [2.05, 4.69) is 36.1 Å². The topological polar surface area (TPSA) is 25.6 Å². The van der Waals surface area contributed by atoms with Crippen molar-refractivity contribution in [3.63, 3.8) is 0 Å². The van der Waals surface area contributed by atoms with Gasteiger partial charge in [0, 0.05) is 19.0 Å². The summed E-state index contributed by atoms with van der Waals surface area (Å²) >= 11 is 0. The van der Waals surface area contributed by atoms with E-state index in [0.29, 0.717) is 6.04 Å². The van der Waals surface area contributed by atoms with E-state index in [9.17, 15) is 0 Å². The molecular formula is C18H21NO2. The van der Waals surface area contributed by atoms with Crippen molar-refractivity contribution in [1.82, 2.24) is 4.90 Å². The van der Waals surface area contributed by atoms with Gasteiger partial charge in [-0.3, -0.25) is 4.90 Å². The molecule has 3 heteroatoms. The first-order valence-corrected chi connectivity index (χ1v) is 7.79. The number of furan rings is 1. The van der Waals surface area contributed by atoms with E-state index < -0.39 is 0 Å². The third-order valence-electron chi connectivity index (χ3n) is 4.87. The number of nitrogens with zero attached hydrogens (tertiary/aromatic N) is 1. The fourth-order valence-corrected chi connectivity index (χ4v) is 3.70. The second-order valence-corrected chi connectivity index (χ2v) is 6.02. The van der Waals surface area contributed by atoms with Gasteiger partial charge in [0.2, 0.25) is 0 Å². The quantitative estimate of drug-likeness (QED) is 0.843. The molecule has 2 aliphatic heterocycles. The van der Waals surface area contributed by atoms with Crippen LogP contribution in [0.3, 0.4) is 0 Å². The van der Waals surface area contributed by atoms with Crippen molar-refractivity contribution in [2.24, 2.45) is 0 Å². The normalized spacial score (nSPS) is 20.6. The highest BCUT2D eigenvalue weighted by atomic mass is 16.5. The van der Waals surface area contributed by atoms with Crippen molar-refractivity contribution < 1.29 is 9.15 Å². The minimum atomic E-state index is 0.495. The zero-order valence-corrected chi connectivity index (χ0v) is 12.7. The van der Waals surface area contributed by atoms with Gasteiger partial charge in [-0.2, -0.15) is 0 Å². The SMILES string of the molecule is CCc1cc2c(o1)CN1CCc3cc(OC)ccc3C1C2. The van der Waals surface area contributed by atoms with E-state index in [4.69, 9.17) is 9.15 Å². The molecule has 0 amide bonds. The van der Waals surface area contributed by atoms with Crippen LogP contribution in [0.5, 0.6) is 5.75 Å². The highest BCUT2D eigenvalue weighted by Gasteiger charge is 2.33. The van der Waals surface area contributed by atoms with Gasteiger partial charge >= 0.3 is 0 Å². The van der Waals surface area contributed by atoms with Gasteiger partial charge in [0.15, 0.2) is 0 Å². The molecule has 0 N–H and O–H groups in total. The fourth-order valence-electron chi connectivity index (χ4n) is 3.70. The van der Waals surface area contributed by atoms with Crippen molar-refractivity contribution in [1.29, 1.82) is 0 Å². The van der Waals surface area contributed by atoms with Crippen LogP contribution in [0.25, 0.3) is 0 Å². The maximum Gasteiger partial charge on any atom is 0.121 e. The summed E-state index contributed by atoms with van der Waals surface area (Å²) in [6, 6.07) is 9.29. The lowest BCUT2D eigenvalue weighted by atomic mass is 9.86. The molecule has 110 valence electrons. The third kappa shape index (κ3) is 2.07. The van der Waals surface area contributed by atoms with Crippen LogP contribution in [-0.2, 0) is 25.8 Å². The largest absolute Gasteiger partial charge is 0.497 e. The molecule has 1 atom stereocenters. The van der Waals surface area contributed by atoms with Crippen molar-refractivity contribution in [3.05, 3.63) is 52.5 Å². The van der Waals surface area contributed by atoms with E-state index in [-0.39, 0.29) is 0 Å². The van der Waals surface area contributed by atoms with E-state index >= 15 is 0 Å². The molecule has 2 aromatic rings. The Hall–Kier alpha value is -1.74. The van der Waals surface area contributed by atoms with E-state index in [1.165, 1.54) is 22.5 Å². The van der Waals surface area contributed by atoms with Crippen LogP contribution in [0.2, 0.25) is 0 Å². The Kier molecular flexibility index (Phi) is 3.03. The smallest absolute Gasteiger partial charge is 0.121 e. The predicted octanol–water partition coefficient (Wildman–Crippen LogP) is 3.51. The molecule has 0 aliphatic carbocycles. The van der Waals surface area contributed by atoms with E-state index in [0.717, 1.165) is 43.9 Å². The first-order chi connectivity index (χ1) is 10.3. The van der Waals surface area contributed by atoms with Crippen LogP contribution in [-0.4, -0.2) is 18.6 Å². The average molecular weight is 283 g/mol. The van der Waals surface area contributed by atoms with Crippen molar-refractivity contribution in [2.75, 3.05) is 13.7 Å². The van der Waals surface area contributed by atoms with Gasteiger partial charge < -0.3 is 9.15 Å². The van der Waals surface area contributed by atoms with Gasteiger partial charge in [0.1, 0.15) is 17.3 Å². The van der Waals surface area contributed by atoms with Crippen molar-refractivity contribution in [3.8, 4) is 5.75 Å². The summed E-state index contributed by atoms with van der Waals surface area (Å²) in [6.07, 6.45) is 3.14. The Balaban J connectivity index is 1.71. The van der Waals surface area contributed by atoms with Crippen molar-refractivity contribution >= 4 is 0 Å². The number of ether oxygens (including phenoxy) is 1. The molecule has 0 radical (unpaired) electrons. The van der Waals surface area contributed by atoms with E-state index in [1.807, 2.05) is 0 Å². The maximum absolute atomic E-state index is 5.97. The van der Waals surface area contributed by atoms with Crippen LogP contribution in [0.1, 0.15) is 41.2 Å². The van der Waals surface area contributed by atoms with Gasteiger partial charge in [-0.05, 0) is 47.7 Å². The number of rotatable bonds is 2. The molecule has 1 aromatic carbocycles. The van der Waals surface area contributed by atoms with Crippen LogP contribution in [0.4, 0.5) is 0 Å². The Morgan fingerprint density at radius 1 is 1.29 bits per heavy atom. The summed E-state index contributed by atoms with van der Waals surface area (Å²) in [6.45, 7) is 4.21. The summed E-state index contributed by atoms with van der Waals surface area (Å²) in [5.74, 6) is 3.27. The standard InChI is InChI=1S/C18H21NO2/c1-3-14-9-13-10-17-16-5-4-15(20-2)8-12(16)6-7-19(17)11-18(13)21-14/h4-5,8-9,17H,3,6-7,10-11H2,1-2H3. The van der Waals surface area contributed by atoms with Crippen LogP contribution < -0.4 is 4.74 Å². The number of methoxy groups -OCH3 is 1. The second-order valence-electron chi connectivity index (χ2n) is 6.02. The Labute approximate surface area is 125 Å². The molecule has 1 aromatic heterocycles. The monoisotopic (exact) mass is 283 g/mol. The molecule has 0 saturated carbocycles. The lowest BCUT2D eigenvalue weighted by Crippen LogP contribution is -2.38. The number of benzene rings is 1. The summed E-state index contributed by atoms with van der Waals surface area (Å²) < 4.78 is 11.3. The molecule has 1 unspecified atom stereocenters. The molecule has 4 rings (SSSR count). The maximum atomic E-state index is 5.97. The zero-order chi connectivity index (χ0) is 14.4. The summed E-state index contributed by atoms with van der Waals surface area (Å²) in [5, 5.41) is 0. The molecule has 3 heterocycles. The van der Waals surface area contributed by atoms with Crippen molar-refractivity contribution in [2.45, 2.75) is 38.8 Å². The third-order valence-corrected chi connectivity index (χ3v) is 4.87. The van der Waals surface area contributed by atoms with Crippen LogP contribution >= 0.6 is 0 Å². The average Bonchev–Trinajstić information content (AvgIpc) is 2.94. The lowest BCUT2D eigenvalue weighted by molar-refractivity contribution is 0.144. The number of fused-ring (bicyclic) bond motifs is 4.